The lowest BCUT2D eigenvalue weighted by molar-refractivity contribution is 0.116. The number of ether oxygens (including phenoxy) is 3. The van der Waals surface area contributed by atoms with Crippen LogP contribution < -0.4 is 19.9 Å². The Balaban J connectivity index is 0.00000289. The first-order valence-electron chi connectivity index (χ1n) is 4.88. The third-order valence-corrected chi connectivity index (χ3v) is 2.34. The largest absolute Gasteiger partial charge is 0.493 e. The Morgan fingerprint density at radius 2 is 1.44 bits per heavy atom. The van der Waals surface area contributed by atoms with Gasteiger partial charge in [-0.15, -0.1) is 12.4 Å². The van der Waals surface area contributed by atoms with Crippen molar-refractivity contribution in [1.29, 1.82) is 0 Å². The van der Waals surface area contributed by atoms with Crippen molar-refractivity contribution in [2.75, 3.05) is 21.3 Å². The number of methoxy groups -OCH3 is 3. The van der Waals surface area contributed by atoms with Gasteiger partial charge in [-0.2, -0.15) is 0 Å². The van der Waals surface area contributed by atoms with Gasteiger partial charge < -0.3 is 19.9 Å². The smallest absolute Gasteiger partial charge is 0.257 e. The van der Waals surface area contributed by atoms with Crippen LogP contribution in [0.1, 0.15) is 11.6 Å². The minimum Gasteiger partial charge on any atom is -0.493 e. The monoisotopic (exact) mass is 283 g/mol. The molecule has 0 bridgehead atoms. The Bertz CT molecular complexity index is 366. The van der Waals surface area contributed by atoms with Crippen LogP contribution in [0.25, 0.3) is 0 Å². The topological polar surface area (TPSA) is 53.7 Å². The van der Waals surface area contributed by atoms with E-state index in [2.05, 4.69) is 0 Å². The molecule has 0 saturated carbocycles. The zero-order chi connectivity index (χ0) is 13.0. The zero-order valence-electron chi connectivity index (χ0n) is 10.3. The van der Waals surface area contributed by atoms with E-state index >= 15 is 0 Å². The average molecular weight is 284 g/mol. The third kappa shape index (κ3) is 3.36. The standard InChI is InChI=1S/C11H15F2NO3.ClH/c1-15-7-4-6(9(14)11(12)13)5-8(16-2)10(7)17-3;/h4-5,9,11H,14H2,1-3H3;1H/t9-;/m0./s1. The predicted molar refractivity (Wildman–Crippen MR) is 66.3 cm³/mol. The minimum absolute atomic E-state index is 0. The molecule has 0 spiro atoms. The van der Waals surface area contributed by atoms with Crippen LogP contribution in [0.3, 0.4) is 0 Å². The number of hydrogen-bond acceptors (Lipinski definition) is 4. The van der Waals surface area contributed by atoms with E-state index in [9.17, 15) is 8.78 Å². The van der Waals surface area contributed by atoms with Crippen molar-refractivity contribution in [3.63, 3.8) is 0 Å². The highest BCUT2D eigenvalue weighted by molar-refractivity contribution is 5.85. The summed E-state index contributed by atoms with van der Waals surface area (Å²) in [5.74, 6) is 0.955. The average Bonchev–Trinajstić information content (AvgIpc) is 2.35. The van der Waals surface area contributed by atoms with Crippen LogP contribution in [0, 0.1) is 0 Å². The van der Waals surface area contributed by atoms with Gasteiger partial charge in [0.1, 0.15) is 0 Å². The van der Waals surface area contributed by atoms with E-state index in [0.717, 1.165) is 0 Å². The normalized spacial score (nSPS) is 11.7. The molecule has 0 aliphatic rings. The van der Waals surface area contributed by atoms with Gasteiger partial charge in [0.05, 0.1) is 27.4 Å². The zero-order valence-corrected chi connectivity index (χ0v) is 11.1. The van der Waals surface area contributed by atoms with Crippen LogP contribution in [0.2, 0.25) is 0 Å². The molecule has 0 aliphatic carbocycles. The molecule has 2 N–H and O–H groups in total. The molecule has 1 rings (SSSR count). The number of halogens is 3. The highest BCUT2D eigenvalue weighted by atomic mass is 35.5. The summed E-state index contributed by atoms with van der Waals surface area (Å²) in [5, 5.41) is 0. The SMILES string of the molecule is COc1cc([C@H](N)C(F)F)cc(OC)c1OC.Cl. The van der Waals surface area contributed by atoms with E-state index in [4.69, 9.17) is 19.9 Å². The Hall–Kier alpha value is -1.27. The van der Waals surface area contributed by atoms with E-state index < -0.39 is 12.5 Å². The number of benzene rings is 1. The second kappa shape index (κ2) is 7.23. The van der Waals surface area contributed by atoms with Crippen molar-refractivity contribution >= 4 is 12.4 Å². The summed E-state index contributed by atoms with van der Waals surface area (Å²) >= 11 is 0. The van der Waals surface area contributed by atoms with Gasteiger partial charge in [0.25, 0.3) is 6.43 Å². The number of nitrogens with two attached hydrogens (primary N) is 1. The van der Waals surface area contributed by atoms with E-state index in [0.29, 0.717) is 17.2 Å². The predicted octanol–water partition coefficient (Wildman–Crippen LogP) is 2.40. The second-order valence-corrected chi connectivity index (χ2v) is 3.32. The molecule has 7 heteroatoms. The Morgan fingerprint density at radius 1 is 1.00 bits per heavy atom. The fraction of sp³-hybridized carbons (Fsp3) is 0.455. The Morgan fingerprint density at radius 3 is 1.72 bits per heavy atom. The Labute approximate surface area is 110 Å². The van der Waals surface area contributed by atoms with Gasteiger partial charge in [0.15, 0.2) is 11.5 Å². The quantitative estimate of drug-likeness (QED) is 0.901. The first-order valence-corrected chi connectivity index (χ1v) is 4.88. The lowest BCUT2D eigenvalue weighted by Crippen LogP contribution is -2.19. The molecule has 1 aromatic rings. The molecule has 0 saturated heterocycles. The molecule has 4 nitrogen and oxygen atoms in total. The summed E-state index contributed by atoms with van der Waals surface area (Å²) in [6.45, 7) is 0. The summed E-state index contributed by atoms with van der Waals surface area (Å²) in [6.07, 6.45) is -2.65. The van der Waals surface area contributed by atoms with Crippen molar-refractivity contribution in [2.24, 2.45) is 5.73 Å². The maximum Gasteiger partial charge on any atom is 0.257 e. The van der Waals surface area contributed by atoms with Gasteiger partial charge >= 0.3 is 0 Å². The molecule has 1 aromatic carbocycles. The summed E-state index contributed by atoms with van der Waals surface area (Å²) < 4.78 is 40.2. The molecule has 0 heterocycles. The number of rotatable bonds is 5. The van der Waals surface area contributed by atoms with Crippen LogP contribution in [-0.4, -0.2) is 27.8 Å². The van der Waals surface area contributed by atoms with Gasteiger partial charge in [0.2, 0.25) is 5.75 Å². The van der Waals surface area contributed by atoms with E-state index in [1.165, 1.54) is 33.5 Å². The van der Waals surface area contributed by atoms with Crippen LogP contribution in [-0.2, 0) is 0 Å². The van der Waals surface area contributed by atoms with Crippen LogP contribution in [0.4, 0.5) is 8.78 Å². The van der Waals surface area contributed by atoms with Crippen molar-refractivity contribution in [2.45, 2.75) is 12.5 Å². The van der Waals surface area contributed by atoms with Gasteiger partial charge in [0, 0.05) is 0 Å². The lowest BCUT2D eigenvalue weighted by Gasteiger charge is -2.17. The fourth-order valence-electron chi connectivity index (χ4n) is 1.44. The molecule has 0 amide bonds. The molecule has 0 aliphatic heterocycles. The van der Waals surface area contributed by atoms with Crippen LogP contribution in [0.15, 0.2) is 12.1 Å². The van der Waals surface area contributed by atoms with Crippen molar-refractivity contribution in [3.05, 3.63) is 17.7 Å². The summed E-state index contributed by atoms with van der Waals surface area (Å²) in [4.78, 5) is 0. The van der Waals surface area contributed by atoms with E-state index in [-0.39, 0.29) is 18.0 Å². The molecular formula is C11H16ClF2NO3. The molecular weight excluding hydrogens is 268 g/mol. The maximum atomic E-state index is 12.5. The van der Waals surface area contributed by atoms with Crippen molar-refractivity contribution < 1.29 is 23.0 Å². The minimum atomic E-state index is -2.65. The van der Waals surface area contributed by atoms with E-state index in [1.807, 2.05) is 0 Å². The van der Waals surface area contributed by atoms with Gasteiger partial charge in [-0.05, 0) is 17.7 Å². The highest BCUT2D eigenvalue weighted by Crippen LogP contribution is 2.40. The number of hydrogen-bond donors (Lipinski definition) is 1. The van der Waals surface area contributed by atoms with Crippen molar-refractivity contribution in [3.8, 4) is 17.2 Å². The van der Waals surface area contributed by atoms with Gasteiger partial charge in [-0.1, -0.05) is 0 Å². The molecule has 0 radical (unpaired) electrons. The summed E-state index contributed by atoms with van der Waals surface area (Å²) in [7, 11) is 4.26. The first kappa shape index (κ1) is 16.7. The van der Waals surface area contributed by atoms with Gasteiger partial charge in [-0.25, -0.2) is 8.78 Å². The fourth-order valence-corrected chi connectivity index (χ4v) is 1.44. The van der Waals surface area contributed by atoms with Crippen LogP contribution >= 0.6 is 12.4 Å². The first-order chi connectivity index (χ1) is 8.04. The molecule has 0 unspecified atom stereocenters. The maximum absolute atomic E-state index is 12.5. The summed E-state index contributed by atoms with van der Waals surface area (Å²) in [6, 6.07) is 1.44. The molecule has 104 valence electrons. The summed E-state index contributed by atoms with van der Waals surface area (Å²) in [5.41, 5.74) is 5.61. The van der Waals surface area contributed by atoms with Crippen LogP contribution in [0.5, 0.6) is 17.2 Å². The lowest BCUT2D eigenvalue weighted by atomic mass is 10.1. The molecule has 0 fully saturated rings. The highest BCUT2D eigenvalue weighted by Gasteiger charge is 2.22. The second-order valence-electron chi connectivity index (χ2n) is 3.32. The van der Waals surface area contributed by atoms with Gasteiger partial charge in [-0.3, -0.25) is 0 Å². The molecule has 0 aromatic heterocycles. The molecule has 1 atom stereocenters. The van der Waals surface area contributed by atoms with Crippen molar-refractivity contribution in [1.82, 2.24) is 0 Å². The third-order valence-electron chi connectivity index (χ3n) is 2.34. The number of alkyl halides is 2. The van der Waals surface area contributed by atoms with E-state index in [1.54, 1.807) is 0 Å². The Kier molecular flexibility index (Phi) is 6.72. The molecule has 18 heavy (non-hydrogen) atoms.